The van der Waals surface area contributed by atoms with Gasteiger partial charge in [-0.05, 0) is 30.9 Å². The highest BCUT2D eigenvalue weighted by atomic mass is 16.5. The maximum absolute atomic E-state index is 12.1. The minimum Gasteiger partial charge on any atom is -0.368 e. The number of rotatable bonds is 7. The van der Waals surface area contributed by atoms with Crippen LogP contribution in [0.3, 0.4) is 0 Å². The van der Waals surface area contributed by atoms with Crippen molar-refractivity contribution in [2.45, 2.75) is 52.2 Å². The van der Waals surface area contributed by atoms with Gasteiger partial charge in [0.05, 0.1) is 11.0 Å². The van der Waals surface area contributed by atoms with E-state index in [-0.39, 0.29) is 12.0 Å². The SMILES string of the molecule is CCC(C)Cn1c(CCNC(=O)C2CCCO2)nc2ccccc21. The van der Waals surface area contributed by atoms with Gasteiger partial charge in [-0.3, -0.25) is 4.79 Å². The quantitative estimate of drug-likeness (QED) is 0.850. The Morgan fingerprint density at radius 2 is 2.29 bits per heavy atom. The summed E-state index contributed by atoms with van der Waals surface area (Å²) < 4.78 is 7.73. The molecular weight excluding hydrogens is 302 g/mol. The van der Waals surface area contributed by atoms with E-state index in [9.17, 15) is 4.79 Å². The molecule has 130 valence electrons. The number of hydrogen-bond acceptors (Lipinski definition) is 3. The molecule has 0 bridgehead atoms. The lowest BCUT2D eigenvalue weighted by atomic mass is 10.1. The molecule has 1 aromatic carbocycles. The summed E-state index contributed by atoms with van der Waals surface area (Å²) in [5.74, 6) is 1.66. The molecule has 1 aromatic heterocycles. The van der Waals surface area contributed by atoms with Gasteiger partial charge in [-0.1, -0.05) is 32.4 Å². The van der Waals surface area contributed by atoms with Crippen LogP contribution in [-0.2, 0) is 22.5 Å². The molecule has 2 unspecified atom stereocenters. The van der Waals surface area contributed by atoms with E-state index in [2.05, 4.69) is 41.9 Å². The number of benzene rings is 1. The third-order valence-corrected chi connectivity index (χ3v) is 4.79. The Labute approximate surface area is 143 Å². The number of carbonyl (C=O) groups excluding carboxylic acids is 1. The molecule has 5 heteroatoms. The average molecular weight is 329 g/mol. The minimum absolute atomic E-state index is 0.0112. The van der Waals surface area contributed by atoms with Crippen molar-refractivity contribution in [3.05, 3.63) is 30.1 Å². The predicted octanol–water partition coefficient (Wildman–Crippen LogP) is 2.92. The number of para-hydroxylation sites is 2. The van der Waals surface area contributed by atoms with Crippen molar-refractivity contribution in [1.82, 2.24) is 14.9 Å². The Balaban J connectivity index is 1.68. The molecule has 1 fully saturated rings. The van der Waals surface area contributed by atoms with Crippen molar-refractivity contribution < 1.29 is 9.53 Å². The monoisotopic (exact) mass is 329 g/mol. The summed E-state index contributed by atoms with van der Waals surface area (Å²) in [4.78, 5) is 16.8. The van der Waals surface area contributed by atoms with Crippen molar-refractivity contribution in [3.8, 4) is 0 Å². The molecule has 5 nitrogen and oxygen atoms in total. The van der Waals surface area contributed by atoms with Crippen LogP contribution in [0.5, 0.6) is 0 Å². The van der Waals surface area contributed by atoms with Crippen molar-refractivity contribution in [2.75, 3.05) is 13.2 Å². The third-order valence-electron chi connectivity index (χ3n) is 4.79. The summed E-state index contributed by atoms with van der Waals surface area (Å²) >= 11 is 0. The summed E-state index contributed by atoms with van der Waals surface area (Å²) in [5, 5.41) is 2.99. The number of aromatic nitrogens is 2. The average Bonchev–Trinajstić information content (AvgIpc) is 3.24. The van der Waals surface area contributed by atoms with Gasteiger partial charge in [0.25, 0.3) is 0 Å². The van der Waals surface area contributed by atoms with Gasteiger partial charge in [0.1, 0.15) is 11.9 Å². The first-order valence-electron chi connectivity index (χ1n) is 9.02. The molecule has 1 aliphatic heterocycles. The van der Waals surface area contributed by atoms with Crippen LogP contribution in [0.15, 0.2) is 24.3 Å². The van der Waals surface area contributed by atoms with Crippen molar-refractivity contribution in [1.29, 1.82) is 0 Å². The Hall–Kier alpha value is -1.88. The van der Waals surface area contributed by atoms with Crippen LogP contribution in [0.1, 0.15) is 38.9 Å². The molecule has 24 heavy (non-hydrogen) atoms. The molecular formula is C19H27N3O2. The maximum atomic E-state index is 12.1. The molecule has 0 radical (unpaired) electrons. The minimum atomic E-state index is -0.260. The summed E-state index contributed by atoms with van der Waals surface area (Å²) in [6.45, 7) is 6.74. The Bertz CT molecular complexity index is 689. The van der Waals surface area contributed by atoms with Gasteiger partial charge in [-0.25, -0.2) is 4.98 Å². The number of nitrogens with zero attached hydrogens (tertiary/aromatic N) is 2. The number of carbonyl (C=O) groups is 1. The van der Waals surface area contributed by atoms with Crippen molar-refractivity contribution >= 4 is 16.9 Å². The molecule has 2 heterocycles. The molecule has 1 aliphatic rings. The lowest BCUT2D eigenvalue weighted by Crippen LogP contribution is -2.35. The number of amides is 1. The van der Waals surface area contributed by atoms with Gasteiger partial charge in [0.2, 0.25) is 5.91 Å². The second kappa shape index (κ2) is 7.79. The fourth-order valence-corrected chi connectivity index (χ4v) is 3.16. The van der Waals surface area contributed by atoms with Gasteiger partial charge >= 0.3 is 0 Å². The molecule has 0 aliphatic carbocycles. The summed E-state index contributed by atoms with van der Waals surface area (Å²) in [6.07, 6.45) is 3.43. The Kier molecular flexibility index (Phi) is 5.51. The third kappa shape index (κ3) is 3.78. The first-order chi connectivity index (χ1) is 11.7. The van der Waals surface area contributed by atoms with Gasteiger partial charge in [-0.15, -0.1) is 0 Å². The fourth-order valence-electron chi connectivity index (χ4n) is 3.16. The van der Waals surface area contributed by atoms with Crippen LogP contribution in [0, 0.1) is 5.92 Å². The molecule has 2 atom stereocenters. The van der Waals surface area contributed by atoms with Crippen LogP contribution in [-0.4, -0.2) is 34.7 Å². The number of imidazole rings is 1. The lowest BCUT2D eigenvalue weighted by Gasteiger charge is -2.14. The standard InChI is InChI=1S/C19H27N3O2/c1-3-14(2)13-22-16-8-5-4-7-15(16)21-18(22)10-11-20-19(23)17-9-6-12-24-17/h4-5,7-8,14,17H,3,6,9-13H2,1-2H3,(H,20,23). The zero-order valence-electron chi connectivity index (χ0n) is 14.6. The summed E-state index contributed by atoms with van der Waals surface area (Å²) in [6, 6.07) is 8.25. The van der Waals surface area contributed by atoms with Crippen LogP contribution in [0.2, 0.25) is 0 Å². The second-order valence-electron chi connectivity index (χ2n) is 6.68. The van der Waals surface area contributed by atoms with Crippen LogP contribution >= 0.6 is 0 Å². The maximum Gasteiger partial charge on any atom is 0.249 e. The highest BCUT2D eigenvalue weighted by molar-refractivity contribution is 5.81. The fraction of sp³-hybridized carbons (Fsp3) is 0.579. The van der Waals surface area contributed by atoms with Gasteiger partial charge < -0.3 is 14.6 Å². The van der Waals surface area contributed by atoms with Crippen molar-refractivity contribution in [3.63, 3.8) is 0 Å². The molecule has 1 N–H and O–H groups in total. The lowest BCUT2D eigenvalue weighted by molar-refractivity contribution is -0.130. The van der Waals surface area contributed by atoms with E-state index in [0.29, 0.717) is 19.1 Å². The van der Waals surface area contributed by atoms with E-state index in [4.69, 9.17) is 9.72 Å². The largest absolute Gasteiger partial charge is 0.368 e. The first kappa shape index (κ1) is 17.0. The molecule has 0 saturated carbocycles. The van der Waals surface area contributed by atoms with E-state index in [1.54, 1.807) is 0 Å². The number of hydrogen-bond donors (Lipinski definition) is 1. The predicted molar refractivity (Wildman–Crippen MR) is 94.9 cm³/mol. The highest BCUT2D eigenvalue weighted by Crippen LogP contribution is 2.19. The molecule has 1 saturated heterocycles. The van der Waals surface area contributed by atoms with Crippen molar-refractivity contribution in [2.24, 2.45) is 5.92 Å². The molecule has 3 rings (SSSR count). The molecule has 2 aromatic rings. The normalized spacial score (nSPS) is 18.8. The number of fused-ring (bicyclic) bond motifs is 1. The van der Waals surface area contributed by atoms with Crippen LogP contribution in [0.25, 0.3) is 11.0 Å². The van der Waals surface area contributed by atoms with E-state index < -0.39 is 0 Å². The Morgan fingerprint density at radius 3 is 3.04 bits per heavy atom. The number of ether oxygens (including phenoxy) is 1. The summed E-state index contributed by atoms with van der Waals surface area (Å²) in [7, 11) is 0. The molecule has 1 amide bonds. The Morgan fingerprint density at radius 1 is 1.46 bits per heavy atom. The smallest absolute Gasteiger partial charge is 0.249 e. The second-order valence-corrected chi connectivity index (χ2v) is 6.68. The van der Waals surface area contributed by atoms with Gasteiger partial charge in [0.15, 0.2) is 0 Å². The first-order valence-corrected chi connectivity index (χ1v) is 9.02. The topological polar surface area (TPSA) is 56.2 Å². The van der Waals surface area contributed by atoms with Gasteiger partial charge in [-0.2, -0.15) is 0 Å². The van der Waals surface area contributed by atoms with E-state index in [1.165, 1.54) is 5.52 Å². The number of nitrogens with one attached hydrogen (secondary N) is 1. The van der Waals surface area contributed by atoms with E-state index in [0.717, 1.165) is 43.6 Å². The zero-order chi connectivity index (χ0) is 16.9. The highest BCUT2D eigenvalue weighted by Gasteiger charge is 2.23. The molecule has 0 spiro atoms. The van der Waals surface area contributed by atoms with E-state index in [1.807, 2.05) is 6.07 Å². The summed E-state index contributed by atoms with van der Waals surface area (Å²) in [5.41, 5.74) is 2.21. The van der Waals surface area contributed by atoms with E-state index >= 15 is 0 Å². The van der Waals surface area contributed by atoms with Crippen LogP contribution in [0.4, 0.5) is 0 Å². The zero-order valence-corrected chi connectivity index (χ0v) is 14.6. The van der Waals surface area contributed by atoms with Crippen LogP contribution < -0.4 is 5.32 Å². The van der Waals surface area contributed by atoms with Gasteiger partial charge in [0, 0.05) is 26.1 Å².